The third-order valence-electron chi connectivity index (χ3n) is 13.3. The van der Waals surface area contributed by atoms with E-state index in [2.05, 4.69) is 46.4 Å². The van der Waals surface area contributed by atoms with Crippen molar-refractivity contribution in [1.82, 2.24) is 4.90 Å². The summed E-state index contributed by atoms with van der Waals surface area (Å²) >= 11 is 0. The molecule has 5 heteroatoms. The summed E-state index contributed by atoms with van der Waals surface area (Å²) in [6, 6.07) is 0.247. The number of hydrogen-bond acceptors (Lipinski definition) is 4. The van der Waals surface area contributed by atoms with Gasteiger partial charge in [0.25, 0.3) is 0 Å². The summed E-state index contributed by atoms with van der Waals surface area (Å²) < 4.78 is 0. The SMILES string of the molecule is CC1=CC(=O)[C@H]2CC(=O)[C@@H]3[C@](C)(CC(=O)O)[C@]4(C)CC[C@]56C[C@@H](C)C[C@H](CN5C4C[C@@]3(C)[C@]2(C)C1)C6. The Balaban J connectivity index is 1.54. The summed E-state index contributed by atoms with van der Waals surface area (Å²) in [6.45, 7) is 14.6. The molecule has 36 heavy (non-hydrogen) atoms. The molecule has 2 saturated heterocycles. The molecule has 0 amide bonds. The van der Waals surface area contributed by atoms with Gasteiger partial charge in [-0.1, -0.05) is 40.2 Å². The topological polar surface area (TPSA) is 74.7 Å². The molecule has 0 radical (unpaired) electrons. The lowest BCUT2D eigenvalue weighted by atomic mass is 9.32. The second-order valence-electron chi connectivity index (χ2n) is 15.2. The van der Waals surface area contributed by atoms with Crippen LogP contribution in [0.25, 0.3) is 0 Å². The number of allylic oxidation sites excluding steroid dienone is 2. The van der Waals surface area contributed by atoms with Crippen molar-refractivity contribution < 1.29 is 19.5 Å². The van der Waals surface area contributed by atoms with E-state index in [0.717, 1.165) is 49.6 Å². The van der Waals surface area contributed by atoms with E-state index in [-0.39, 0.29) is 58.7 Å². The Morgan fingerprint density at radius 1 is 1.06 bits per heavy atom. The average molecular weight is 496 g/mol. The molecule has 2 bridgehead atoms. The van der Waals surface area contributed by atoms with Crippen LogP contribution in [0.5, 0.6) is 0 Å². The van der Waals surface area contributed by atoms with E-state index in [1.54, 1.807) is 6.08 Å². The van der Waals surface area contributed by atoms with Gasteiger partial charge in [-0.25, -0.2) is 0 Å². The molecule has 1 N–H and O–H groups in total. The quantitative estimate of drug-likeness (QED) is 0.534. The molecule has 10 atom stereocenters. The molecule has 2 heterocycles. The van der Waals surface area contributed by atoms with Crippen molar-refractivity contribution in [2.45, 2.75) is 111 Å². The van der Waals surface area contributed by atoms with Gasteiger partial charge >= 0.3 is 5.97 Å². The molecule has 4 aliphatic carbocycles. The lowest BCUT2D eigenvalue weighted by Gasteiger charge is -2.74. The number of rotatable bonds is 2. The van der Waals surface area contributed by atoms with Gasteiger partial charge in [-0.15, -0.1) is 0 Å². The molecule has 1 unspecified atom stereocenters. The van der Waals surface area contributed by atoms with E-state index in [9.17, 15) is 19.5 Å². The van der Waals surface area contributed by atoms with Crippen molar-refractivity contribution in [1.29, 1.82) is 0 Å². The van der Waals surface area contributed by atoms with Crippen LogP contribution < -0.4 is 0 Å². The maximum Gasteiger partial charge on any atom is 0.303 e. The first-order valence-corrected chi connectivity index (χ1v) is 14.4. The number of aliphatic carboxylic acids is 1. The van der Waals surface area contributed by atoms with Gasteiger partial charge in [0, 0.05) is 36.4 Å². The van der Waals surface area contributed by atoms with Crippen LogP contribution in [0.4, 0.5) is 0 Å². The molecule has 5 fully saturated rings. The lowest BCUT2D eigenvalue weighted by Crippen LogP contribution is -2.75. The summed E-state index contributed by atoms with van der Waals surface area (Å²) in [5.74, 6) is 0.280. The van der Waals surface area contributed by atoms with Crippen LogP contribution in [0, 0.1) is 45.3 Å². The number of carboxylic acid groups (broad SMARTS) is 1. The molecule has 2 aliphatic heterocycles. The molecule has 6 rings (SSSR count). The highest BCUT2D eigenvalue weighted by Gasteiger charge is 2.75. The molecule has 0 aromatic rings. The van der Waals surface area contributed by atoms with Crippen LogP contribution in [0.15, 0.2) is 11.6 Å². The van der Waals surface area contributed by atoms with E-state index in [1.807, 2.05) is 0 Å². The van der Waals surface area contributed by atoms with E-state index in [0.29, 0.717) is 0 Å². The molecule has 3 saturated carbocycles. The first kappa shape index (κ1) is 24.8. The molecule has 5 nitrogen and oxygen atoms in total. The van der Waals surface area contributed by atoms with Gasteiger partial charge < -0.3 is 5.11 Å². The van der Waals surface area contributed by atoms with Crippen LogP contribution in [0.1, 0.15) is 99.3 Å². The molecule has 198 valence electrons. The van der Waals surface area contributed by atoms with E-state index < -0.39 is 16.8 Å². The van der Waals surface area contributed by atoms with Crippen LogP contribution >= 0.6 is 0 Å². The van der Waals surface area contributed by atoms with Gasteiger partial charge in [0.2, 0.25) is 0 Å². The third-order valence-corrected chi connectivity index (χ3v) is 13.3. The minimum absolute atomic E-state index is 0.0240. The predicted octanol–water partition coefficient (Wildman–Crippen LogP) is 5.67. The first-order valence-electron chi connectivity index (χ1n) is 14.4. The van der Waals surface area contributed by atoms with Gasteiger partial charge in [-0.2, -0.15) is 0 Å². The van der Waals surface area contributed by atoms with Crippen molar-refractivity contribution in [2.24, 2.45) is 45.3 Å². The monoisotopic (exact) mass is 495 g/mol. The number of fused-ring (bicyclic) bond motifs is 6. The number of carbonyl (C=O) groups is 3. The van der Waals surface area contributed by atoms with E-state index in [4.69, 9.17) is 0 Å². The summed E-state index contributed by atoms with van der Waals surface area (Å²) in [7, 11) is 0. The van der Waals surface area contributed by atoms with Crippen molar-refractivity contribution in [3.8, 4) is 0 Å². The zero-order chi connectivity index (χ0) is 26.1. The lowest BCUT2D eigenvalue weighted by molar-refractivity contribution is -0.244. The number of Topliss-reactive ketones (excluding diaryl/α,β-unsaturated/α-hetero) is 1. The third kappa shape index (κ3) is 2.85. The summed E-state index contributed by atoms with van der Waals surface area (Å²) in [6.07, 6.45) is 9.70. The van der Waals surface area contributed by atoms with E-state index in [1.165, 1.54) is 19.3 Å². The smallest absolute Gasteiger partial charge is 0.303 e. The maximum absolute atomic E-state index is 14.1. The molecular formula is C31H45NO4. The zero-order valence-electron chi connectivity index (χ0n) is 23.2. The number of carboxylic acids is 1. The molecule has 6 aliphatic rings. The molecule has 0 aromatic carbocycles. The number of piperidine rings is 1. The normalized spacial score (nSPS) is 54.2. The molecule has 0 aromatic heterocycles. The zero-order valence-corrected chi connectivity index (χ0v) is 23.2. The number of nitrogens with zero attached hydrogens (tertiary/aromatic N) is 1. The molecular weight excluding hydrogens is 450 g/mol. The summed E-state index contributed by atoms with van der Waals surface area (Å²) in [4.78, 5) is 42.8. The van der Waals surface area contributed by atoms with Crippen LogP contribution in [0.2, 0.25) is 0 Å². The first-order chi connectivity index (χ1) is 16.7. The van der Waals surface area contributed by atoms with Gasteiger partial charge in [0.05, 0.1) is 6.42 Å². The Morgan fingerprint density at radius 3 is 2.47 bits per heavy atom. The Morgan fingerprint density at radius 2 is 1.78 bits per heavy atom. The second kappa shape index (κ2) is 7.33. The number of carbonyl (C=O) groups excluding carboxylic acids is 2. The van der Waals surface area contributed by atoms with Gasteiger partial charge in [-0.05, 0) is 91.4 Å². The highest BCUT2D eigenvalue weighted by Crippen LogP contribution is 2.75. The Kier molecular flexibility index (Phi) is 5.05. The van der Waals surface area contributed by atoms with Gasteiger partial charge in [0.15, 0.2) is 5.78 Å². The van der Waals surface area contributed by atoms with Crippen molar-refractivity contribution in [3.63, 3.8) is 0 Å². The Hall–Kier alpha value is -1.49. The number of ketones is 2. The van der Waals surface area contributed by atoms with Crippen LogP contribution in [-0.2, 0) is 14.4 Å². The number of hydrogen-bond donors (Lipinski definition) is 1. The standard InChI is InChI=1S/C31H45NO4/c1-18-9-20-14-31(13-18)8-7-27(3)24(32(31)17-20)15-29(5)26(30(27,6)16-25(35)36)23(34)11-21-22(33)10-19(2)12-28(21,29)4/h10,18,20-21,24,26H,7-9,11-17H2,1-6H3,(H,35,36)/t18-,20-,21+,24?,26-,27+,28+,29+,30-,31+/m0/s1. The molecule has 1 spiro atoms. The fraction of sp³-hybridized carbons (Fsp3) is 0.839. The largest absolute Gasteiger partial charge is 0.481 e. The summed E-state index contributed by atoms with van der Waals surface area (Å²) in [5, 5.41) is 10.3. The van der Waals surface area contributed by atoms with Crippen LogP contribution in [-0.4, -0.2) is 45.7 Å². The van der Waals surface area contributed by atoms with Crippen molar-refractivity contribution >= 4 is 17.5 Å². The maximum atomic E-state index is 14.1. The predicted molar refractivity (Wildman–Crippen MR) is 138 cm³/mol. The van der Waals surface area contributed by atoms with Crippen molar-refractivity contribution in [3.05, 3.63) is 11.6 Å². The van der Waals surface area contributed by atoms with Crippen LogP contribution in [0.3, 0.4) is 0 Å². The highest BCUT2D eigenvalue weighted by atomic mass is 16.4. The second-order valence-corrected chi connectivity index (χ2v) is 15.2. The van der Waals surface area contributed by atoms with Gasteiger partial charge in [-0.3, -0.25) is 19.3 Å². The van der Waals surface area contributed by atoms with E-state index >= 15 is 0 Å². The average Bonchev–Trinajstić information content (AvgIpc) is 3.01. The fourth-order valence-electron chi connectivity index (χ4n) is 11.8. The van der Waals surface area contributed by atoms with Crippen molar-refractivity contribution in [2.75, 3.05) is 6.54 Å². The minimum atomic E-state index is -0.799. The fourth-order valence-corrected chi connectivity index (χ4v) is 11.8. The minimum Gasteiger partial charge on any atom is -0.481 e. The van der Waals surface area contributed by atoms with Gasteiger partial charge in [0.1, 0.15) is 5.78 Å². The Bertz CT molecular complexity index is 1080. The Labute approximate surface area is 216 Å². The highest BCUT2D eigenvalue weighted by molar-refractivity contribution is 5.99. The summed E-state index contributed by atoms with van der Waals surface area (Å²) in [5.41, 5.74) is -0.319.